The molecule has 0 aliphatic heterocycles. The van der Waals surface area contributed by atoms with E-state index >= 15 is 0 Å². The highest BCUT2D eigenvalue weighted by atomic mass is 32.1. The third-order valence-corrected chi connectivity index (χ3v) is 3.14. The average molecular weight is 174 g/mol. The maximum Gasteiger partial charge on any atom is 0.319 e. The first kappa shape index (κ1) is 8.91. The molecular weight excluding hydrogens is 160 g/mol. The van der Waals surface area contributed by atoms with Crippen LogP contribution in [0.25, 0.3) is 0 Å². The fourth-order valence-corrected chi connectivity index (χ4v) is 1.92. The maximum absolute atomic E-state index is 10.7. The van der Waals surface area contributed by atoms with Crippen molar-refractivity contribution in [3.63, 3.8) is 0 Å². The van der Waals surface area contributed by atoms with E-state index in [2.05, 4.69) is 12.6 Å². The molecule has 1 fully saturated rings. The standard InChI is InChI=1S/C8H14O2S/c1-8(11,7(9)10)6-4-2-3-5-6/h6,11H,2-5H2,1H3,(H,9,10). The Morgan fingerprint density at radius 1 is 1.55 bits per heavy atom. The lowest BCUT2D eigenvalue weighted by atomic mass is 9.92. The van der Waals surface area contributed by atoms with Crippen LogP contribution in [0.5, 0.6) is 0 Å². The molecule has 1 atom stereocenters. The van der Waals surface area contributed by atoms with Gasteiger partial charge in [-0.15, -0.1) is 0 Å². The number of hydrogen-bond acceptors (Lipinski definition) is 2. The van der Waals surface area contributed by atoms with Gasteiger partial charge in [-0.05, 0) is 25.7 Å². The van der Waals surface area contributed by atoms with E-state index in [0.717, 1.165) is 25.7 Å². The van der Waals surface area contributed by atoms with Crippen LogP contribution >= 0.6 is 12.6 Å². The summed E-state index contributed by atoms with van der Waals surface area (Å²) < 4.78 is -0.809. The van der Waals surface area contributed by atoms with E-state index in [-0.39, 0.29) is 5.92 Å². The van der Waals surface area contributed by atoms with Gasteiger partial charge in [-0.3, -0.25) is 4.79 Å². The number of carboxylic acids is 1. The Hall–Kier alpha value is -0.180. The number of rotatable bonds is 2. The van der Waals surface area contributed by atoms with Gasteiger partial charge in [-0.2, -0.15) is 12.6 Å². The fraction of sp³-hybridized carbons (Fsp3) is 0.875. The Morgan fingerprint density at radius 2 is 2.00 bits per heavy atom. The molecule has 0 radical (unpaired) electrons. The minimum atomic E-state index is -0.809. The molecule has 0 heterocycles. The van der Waals surface area contributed by atoms with Crippen LogP contribution in [0.2, 0.25) is 0 Å². The van der Waals surface area contributed by atoms with Gasteiger partial charge < -0.3 is 5.11 Å². The van der Waals surface area contributed by atoms with Gasteiger partial charge in [0.1, 0.15) is 4.75 Å². The first-order valence-corrected chi connectivity index (χ1v) is 4.45. The van der Waals surface area contributed by atoms with Crippen molar-refractivity contribution in [3.8, 4) is 0 Å². The van der Waals surface area contributed by atoms with Gasteiger partial charge >= 0.3 is 5.97 Å². The van der Waals surface area contributed by atoms with E-state index in [9.17, 15) is 4.79 Å². The molecule has 64 valence electrons. The third-order valence-electron chi connectivity index (χ3n) is 2.58. The summed E-state index contributed by atoms with van der Waals surface area (Å²) in [6.07, 6.45) is 4.36. The normalized spacial score (nSPS) is 24.9. The van der Waals surface area contributed by atoms with Gasteiger partial charge in [0.15, 0.2) is 0 Å². The van der Waals surface area contributed by atoms with E-state index in [4.69, 9.17) is 5.11 Å². The lowest BCUT2D eigenvalue weighted by molar-refractivity contribution is -0.140. The van der Waals surface area contributed by atoms with E-state index in [1.54, 1.807) is 6.92 Å². The molecular formula is C8H14O2S. The predicted molar refractivity (Wildman–Crippen MR) is 47.0 cm³/mol. The van der Waals surface area contributed by atoms with Gasteiger partial charge in [-0.25, -0.2) is 0 Å². The molecule has 0 saturated heterocycles. The minimum Gasteiger partial charge on any atom is -0.480 e. The Bertz CT molecular complexity index is 159. The highest BCUT2D eigenvalue weighted by molar-refractivity contribution is 7.82. The maximum atomic E-state index is 10.7. The smallest absolute Gasteiger partial charge is 0.319 e. The Balaban J connectivity index is 2.62. The summed E-state index contributed by atoms with van der Waals surface area (Å²) in [6, 6.07) is 0. The van der Waals surface area contributed by atoms with Gasteiger partial charge in [-0.1, -0.05) is 12.8 Å². The number of aliphatic carboxylic acids is 1. The second kappa shape index (κ2) is 3.05. The minimum absolute atomic E-state index is 0.267. The summed E-state index contributed by atoms with van der Waals surface area (Å²) >= 11 is 4.18. The van der Waals surface area contributed by atoms with Gasteiger partial charge in [0, 0.05) is 0 Å². The molecule has 0 bridgehead atoms. The molecule has 3 heteroatoms. The average Bonchev–Trinajstić information content (AvgIpc) is 2.37. The zero-order valence-corrected chi connectivity index (χ0v) is 7.60. The van der Waals surface area contributed by atoms with Crippen LogP contribution in [-0.4, -0.2) is 15.8 Å². The molecule has 0 aromatic rings. The molecule has 0 spiro atoms. The monoisotopic (exact) mass is 174 g/mol. The topological polar surface area (TPSA) is 37.3 Å². The summed E-state index contributed by atoms with van der Waals surface area (Å²) in [5.41, 5.74) is 0. The van der Waals surface area contributed by atoms with Crippen molar-refractivity contribution in [2.45, 2.75) is 37.4 Å². The van der Waals surface area contributed by atoms with Crippen LogP contribution in [0, 0.1) is 5.92 Å². The van der Waals surface area contributed by atoms with E-state index < -0.39 is 10.7 Å². The summed E-state index contributed by atoms with van der Waals surface area (Å²) in [4.78, 5) is 10.7. The van der Waals surface area contributed by atoms with Crippen LogP contribution in [0.3, 0.4) is 0 Å². The van der Waals surface area contributed by atoms with Crippen LogP contribution in [0.15, 0.2) is 0 Å². The van der Waals surface area contributed by atoms with Crippen LogP contribution < -0.4 is 0 Å². The largest absolute Gasteiger partial charge is 0.480 e. The molecule has 2 nitrogen and oxygen atoms in total. The lowest BCUT2D eigenvalue weighted by Gasteiger charge is -2.25. The van der Waals surface area contributed by atoms with Crippen molar-refractivity contribution < 1.29 is 9.90 Å². The molecule has 1 unspecified atom stereocenters. The quantitative estimate of drug-likeness (QED) is 0.628. The summed E-state index contributed by atoms with van der Waals surface area (Å²) in [5.74, 6) is -0.518. The first-order chi connectivity index (χ1) is 5.05. The van der Waals surface area contributed by atoms with Crippen molar-refractivity contribution in [1.82, 2.24) is 0 Å². The lowest BCUT2D eigenvalue weighted by Crippen LogP contribution is -2.36. The molecule has 11 heavy (non-hydrogen) atoms. The van der Waals surface area contributed by atoms with Crippen LogP contribution in [-0.2, 0) is 4.79 Å². The summed E-state index contributed by atoms with van der Waals surface area (Å²) in [6.45, 7) is 1.70. The number of thiol groups is 1. The van der Waals surface area contributed by atoms with Gasteiger partial charge in [0.25, 0.3) is 0 Å². The van der Waals surface area contributed by atoms with Gasteiger partial charge in [0.05, 0.1) is 0 Å². The Kier molecular flexibility index (Phi) is 2.47. The van der Waals surface area contributed by atoms with E-state index in [1.165, 1.54) is 0 Å². The SMILES string of the molecule is CC(S)(C(=O)O)C1CCCC1. The molecule has 1 saturated carbocycles. The number of carbonyl (C=O) groups is 1. The molecule has 1 N–H and O–H groups in total. The van der Waals surface area contributed by atoms with Crippen molar-refractivity contribution in [2.24, 2.45) is 5.92 Å². The summed E-state index contributed by atoms with van der Waals surface area (Å²) in [7, 11) is 0. The zero-order valence-electron chi connectivity index (χ0n) is 6.71. The van der Waals surface area contributed by atoms with E-state index in [0.29, 0.717) is 0 Å². The second-order valence-corrected chi connectivity index (χ2v) is 4.36. The third kappa shape index (κ3) is 1.70. The second-order valence-electron chi connectivity index (χ2n) is 3.43. The zero-order chi connectivity index (χ0) is 8.48. The van der Waals surface area contributed by atoms with Crippen LogP contribution in [0.4, 0.5) is 0 Å². The Labute approximate surface area is 72.4 Å². The van der Waals surface area contributed by atoms with Crippen LogP contribution in [0.1, 0.15) is 32.6 Å². The molecule has 0 aromatic heterocycles. The van der Waals surface area contributed by atoms with Crippen molar-refractivity contribution in [1.29, 1.82) is 0 Å². The highest BCUT2D eigenvalue weighted by Crippen LogP contribution is 2.37. The fourth-order valence-electron chi connectivity index (χ4n) is 1.66. The number of carboxylic acid groups (broad SMARTS) is 1. The molecule has 1 rings (SSSR count). The van der Waals surface area contributed by atoms with E-state index in [1.807, 2.05) is 0 Å². The van der Waals surface area contributed by atoms with Crippen molar-refractivity contribution in [3.05, 3.63) is 0 Å². The summed E-state index contributed by atoms with van der Waals surface area (Å²) in [5, 5.41) is 8.83. The molecule has 1 aliphatic carbocycles. The molecule has 0 amide bonds. The van der Waals surface area contributed by atoms with Gasteiger partial charge in [0.2, 0.25) is 0 Å². The molecule has 0 aromatic carbocycles. The predicted octanol–water partition coefficient (Wildman–Crippen LogP) is 1.95. The number of hydrogen-bond donors (Lipinski definition) is 2. The van der Waals surface area contributed by atoms with Crippen molar-refractivity contribution in [2.75, 3.05) is 0 Å². The molecule has 1 aliphatic rings. The highest BCUT2D eigenvalue weighted by Gasteiger charge is 2.39. The van der Waals surface area contributed by atoms with Crippen molar-refractivity contribution >= 4 is 18.6 Å². The first-order valence-electron chi connectivity index (χ1n) is 4.01. The Morgan fingerprint density at radius 3 is 2.36 bits per heavy atom.